The molecule has 0 saturated carbocycles. The molecule has 0 atom stereocenters. The first-order valence-corrected chi connectivity index (χ1v) is 7.15. The van der Waals surface area contributed by atoms with Crippen LogP contribution in [0.5, 0.6) is 0 Å². The van der Waals surface area contributed by atoms with Crippen LogP contribution in [0, 0.1) is 5.82 Å². The molecule has 0 radical (unpaired) electrons. The molecule has 1 heterocycles. The minimum Gasteiger partial charge on any atom is -0.343 e. The molecule has 20 heavy (non-hydrogen) atoms. The Morgan fingerprint density at radius 3 is 2.80 bits per heavy atom. The summed E-state index contributed by atoms with van der Waals surface area (Å²) in [6.07, 6.45) is 5.75. The standard InChI is InChI=1S/C18H16FN/c19-17-6-7-18-16(11-17)8-9-20(18)12-13-4-5-14-2-1-3-15(14)10-13/h4-11H,1-3,12H2. The van der Waals surface area contributed by atoms with Crippen molar-refractivity contribution >= 4 is 10.9 Å². The molecule has 1 nitrogen and oxygen atoms in total. The lowest BCUT2D eigenvalue weighted by molar-refractivity contribution is 0.629. The Hall–Kier alpha value is -2.09. The van der Waals surface area contributed by atoms with Gasteiger partial charge in [0.25, 0.3) is 0 Å². The lowest BCUT2D eigenvalue weighted by Crippen LogP contribution is -1.99. The van der Waals surface area contributed by atoms with Crippen molar-refractivity contribution in [1.29, 1.82) is 0 Å². The Balaban J connectivity index is 1.70. The minimum atomic E-state index is -0.173. The second-order valence-corrected chi connectivity index (χ2v) is 5.60. The molecule has 2 aromatic carbocycles. The van der Waals surface area contributed by atoms with E-state index in [0.29, 0.717) is 0 Å². The molecule has 0 fully saturated rings. The van der Waals surface area contributed by atoms with E-state index in [4.69, 9.17) is 0 Å². The summed E-state index contributed by atoms with van der Waals surface area (Å²) in [5.41, 5.74) is 5.43. The first-order chi connectivity index (χ1) is 9.79. The Kier molecular flexibility index (Phi) is 2.62. The van der Waals surface area contributed by atoms with Gasteiger partial charge < -0.3 is 4.57 Å². The van der Waals surface area contributed by atoms with Crippen LogP contribution in [0.4, 0.5) is 4.39 Å². The molecule has 0 spiro atoms. The predicted molar refractivity (Wildman–Crippen MR) is 79.5 cm³/mol. The van der Waals surface area contributed by atoms with Crippen molar-refractivity contribution in [2.45, 2.75) is 25.8 Å². The predicted octanol–water partition coefficient (Wildman–Crippen LogP) is 4.32. The number of halogens is 1. The van der Waals surface area contributed by atoms with E-state index < -0.39 is 0 Å². The molecule has 0 amide bonds. The Bertz CT molecular complexity index is 785. The third-order valence-electron chi connectivity index (χ3n) is 4.25. The van der Waals surface area contributed by atoms with Gasteiger partial charge in [0.2, 0.25) is 0 Å². The quantitative estimate of drug-likeness (QED) is 0.650. The SMILES string of the molecule is Fc1ccc2c(ccn2Cc2ccc3c(c2)CCC3)c1. The summed E-state index contributed by atoms with van der Waals surface area (Å²) in [7, 11) is 0. The van der Waals surface area contributed by atoms with Crippen molar-refractivity contribution in [3.05, 3.63) is 71.2 Å². The summed E-state index contributed by atoms with van der Waals surface area (Å²) >= 11 is 0. The fourth-order valence-electron chi connectivity index (χ4n) is 3.23. The first-order valence-electron chi connectivity index (χ1n) is 7.15. The van der Waals surface area contributed by atoms with Crippen LogP contribution in [0.1, 0.15) is 23.1 Å². The van der Waals surface area contributed by atoms with Gasteiger partial charge in [-0.25, -0.2) is 4.39 Å². The Morgan fingerprint density at radius 2 is 1.85 bits per heavy atom. The van der Waals surface area contributed by atoms with Crippen molar-refractivity contribution in [3.63, 3.8) is 0 Å². The van der Waals surface area contributed by atoms with Crippen molar-refractivity contribution in [3.8, 4) is 0 Å². The molecule has 2 heteroatoms. The fraction of sp³-hybridized carbons (Fsp3) is 0.222. The van der Waals surface area contributed by atoms with Crippen LogP contribution < -0.4 is 0 Å². The highest BCUT2D eigenvalue weighted by Gasteiger charge is 2.11. The van der Waals surface area contributed by atoms with Gasteiger partial charge in [0, 0.05) is 23.6 Å². The minimum absolute atomic E-state index is 0.173. The van der Waals surface area contributed by atoms with Crippen molar-refractivity contribution in [2.75, 3.05) is 0 Å². The van der Waals surface area contributed by atoms with E-state index in [9.17, 15) is 4.39 Å². The molecule has 0 aliphatic heterocycles. The summed E-state index contributed by atoms with van der Waals surface area (Å²) in [5, 5.41) is 0.964. The van der Waals surface area contributed by atoms with Crippen LogP contribution in [-0.4, -0.2) is 4.57 Å². The van der Waals surface area contributed by atoms with Crippen molar-refractivity contribution < 1.29 is 4.39 Å². The van der Waals surface area contributed by atoms with Crippen LogP contribution in [-0.2, 0) is 19.4 Å². The van der Waals surface area contributed by atoms with Crippen molar-refractivity contribution in [1.82, 2.24) is 4.57 Å². The average molecular weight is 265 g/mol. The van der Waals surface area contributed by atoms with Crippen LogP contribution >= 0.6 is 0 Å². The van der Waals surface area contributed by atoms with E-state index in [0.717, 1.165) is 17.4 Å². The third kappa shape index (κ3) is 1.92. The molecule has 1 aliphatic carbocycles. The second kappa shape index (κ2) is 4.48. The van der Waals surface area contributed by atoms with Gasteiger partial charge in [-0.1, -0.05) is 18.2 Å². The molecule has 0 bridgehead atoms. The largest absolute Gasteiger partial charge is 0.343 e. The van der Waals surface area contributed by atoms with E-state index in [2.05, 4.69) is 22.8 Å². The zero-order valence-electron chi connectivity index (χ0n) is 11.3. The topological polar surface area (TPSA) is 4.93 Å². The van der Waals surface area contributed by atoms with E-state index in [-0.39, 0.29) is 5.82 Å². The van der Waals surface area contributed by atoms with E-state index in [1.54, 1.807) is 6.07 Å². The summed E-state index contributed by atoms with van der Waals surface area (Å²) in [6, 6.07) is 13.8. The maximum Gasteiger partial charge on any atom is 0.123 e. The normalized spacial score (nSPS) is 13.8. The van der Waals surface area contributed by atoms with Gasteiger partial charge >= 0.3 is 0 Å². The molecule has 1 aliphatic rings. The molecule has 0 N–H and O–H groups in total. The highest BCUT2D eigenvalue weighted by molar-refractivity contribution is 5.80. The fourth-order valence-corrected chi connectivity index (χ4v) is 3.23. The molecule has 0 unspecified atom stereocenters. The zero-order valence-corrected chi connectivity index (χ0v) is 11.3. The maximum absolute atomic E-state index is 13.2. The van der Waals surface area contributed by atoms with Gasteiger partial charge in [-0.2, -0.15) is 0 Å². The van der Waals surface area contributed by atoms with Gasteiger partial charge in [0.05, 0.1) is 0 Å². The zero-order chi connectivity index (χ0) is 13.5. The highest BCUT2D eigenvalue weighted by Crippen LogP contribution is 2.24. The van der Waals surface area contributed by atoms with Crippen LogP contribution in [0.2, 0.25) is 0 Å². The van der Waals surface area contributed by atoms with E-state index >= 15 is 0 Å². The van der Waals surface area contributed by atoms with Crippen molar-refractivity contribution in [2.24, 2.45) is 0 Å². The summed E-state index contributed by atoms with van der Waals surface area (Å²) in [5.74, 6) is -0.173. The number of fused-ring (bicyclic) bond motifs is 2. The Labute approximate surface area is 117 Å². The van der Waals surface area contributed by atoms with Gasteiger partial charge in [0.1, 0.15) is 5.82 Å². The smallest absolute Gasteiger partial charge is 0.123 e. The summed E-state index contributed by atoms with van der Waals surface area (Å²) in [4.78, 5) is 0. The monoisotopic (exact) mass is 265 g/mol. The van der Waals surface area contributed by atoms with E-state index in [1.165, 1.54) is 42.0 Å². The van der Waals surface area contributed by atoms with Gasteiger partial charge in [-0.05, 0) is 60.2 Å². The van der Waals surface area contributed by atoms with Crippen LogP contribution in [0.15, 0.2) is 48.7 Å². The molecule has 0 saturated heterocycles. The lowest BCUT2D eigenvalue weighted by atomic mass is 10.1. The van der Waals surface area contributed by atoms with Gasteiger partial charge in [-0.15, -0.1) is 0 Å². The third-order valence-corrected chi connectivity index (χ3v) is 4.25. The molecule has 100 valence electrons. The summed E-state index contributed by atoms with van der Waals surface area (Å²) < 4.78 is 15.4. The first kappa shape index (κ1) is 11.7. The van der Waals surface area contributed by atoms with Gasteiger partial charge in [-0.3, -0.25) is 0 Å². The number of aromatic nitrogens is 1. The second-order valence-electron chi connectivity index (χ2n) is 5.60. The van der Waals surface area contributed by atoms with Crippen LogP contribution in [0.25, 0.3) is 10.9 Å². The number of hydrogen-bond donors (Lipinski definition) is 0. The average Bonchev–Trinajstić information content (AvgIpc) is 3.05. The van der Waals surface area contributed by atoms with Crippen LogP contribution in [0.3, 0.4) is 0 Å². The number of hydrogen-bond acceptors (Lipinski definition) is 0. The number of rotatable bonds is 2. The summed E-state index contributed by atoms with van der Waals surface area (Å²) in [6.45, 7) is 0.850. The number of aryl methyl sites for hydroxylation is 2. The van der Waals surface area contributed by atoms with Gasteiger partial charge in [0.15, 0.2) is 0 Å². The molecular weight excluding hydrogens is 249 g/mol. The van der Waals surface area contributed by atoms with E-state index in [1.807, 2.05) is 18.3 Å². The number of benzene rings is 2. The Morgan fingerprint density at radius 1 is 0.950 bits per heavy atom. The number of nitrogens with zero attached hydrogens (tertiary/aromatic N) is 1. The molecule has 4 rings (SSSR count). The molecular formula is C18H16FN. The maximum atomic E-state index is 13.2. The molecule has 3 aromatic rings. The highest BCUT2D eigenvalue weighted by atomic mass is 19.1. The lowest BCUT2D eigenvalue weighted by Gasteiger charge is -2.08. The molecule has 1 aromatic heterocycles.